The van der Waals surface area contributed by atoms with E-state index in [9.17, 15) is 4.79 Å². The zero-order valence-corrected chi connectivity index (χ0v) is 13.5. The Kier molecular flexibility index (Phi) is 5.88. The highest BCUT2D eigenvalue weighted by atomic mass is 35.5. The quantitative estimate of drug-likeness (QED) is 0.573. The van der Waals surface area contributed by atoms with Gasteiger partial charge in [0.25, 0.3) is 0 Å². The Bertz CT molecular complexity index is 625. The fourth-order valence-corrected chi connectivity index (χ4v) is 2.68. The highest BCUT2D eigenvalue weighted by molar-refractivity contribution is 6.34. The molecule has 0 atom stereocenters. The molecule has 0 spiro atoms. The van der Waals surface area contributed by atoms with E-state index in [4.69, 9.17) is 27.9 Å². The summed E-state index contributed by atoms with van der Waals surface area (Å²) in [5.41, 5.74) is 1.77. The van der Waals surface area contributed by atoms with Crippen LogP contribution in [-0.2, 0) is 22.5 Å². The summed E-state index contributed by atoms with van der Waals surface area (Å²) in [5, 5.41) is 0.632. The summed E-state index contributed by atoms with van der Waals surface area (Å²) in [6.07, 6.45) is 1.77. The number of imidazole rings is 1. The van der Waals surface area contributed by atoms with Crippen molar-refractivity contribution in [1.82, 2.24) is 9.55 Å². The molecule has 2 aromatic rings. The average molecular weight is 329 g/mol. The van der Waals surface area contributed by atoms with Gasteiger partial charge < -0.3 is 9.30 Å². The van der Waals surface area contributed by atoms with Crippen molar-refractivity contribution in [3.8, 4) is 0 Å². The maximum atomic E-state index is 11.4. The minimum absolute atomic E-state index is 0.168. The smallest absolute Gasteiger partial charge is 0.305 e. The van der Waals surface area contributed by atoms with E-state index in [1.807, 2.05) is 25.1 Å². The topological polar surface area (TPSA) is 44.1 Å². The van der Waals surface area contributed by atoms with E-state index < -0.39 is 0 Å². The molecule has 6 heteroatoms. The molecular formula is C15H18Cl2N2O2. The minimum Gasteiger partial charge on any atom is -0.466 e. The molecule has 0 saturated carbocycles. The lowest BCUT2D eigenvalue weighted by Crippen LogP contribution is -2.09. The first-order chi connectivity index (χ1) is 10.2. The Morgan fingerprint density at radius 1 is 1.43 bits per heavy atom. The number of hydrogen-bond donors (Lipinski definition) is 0. The van der Waals surface area contributed by atoms with Gasteiger partial charge in [-0.05, 0) is 25.5 Å². The third kappa shape index (κ3) is 3.89. The maximum Gasteiger partial charge on any atom is 0.305 e. The first-order valence-corrected chi connectivity index (χ1v) is 7.93. The molecule has 0 saturated heterocycles. The molecule has 0 fully saturated rings. The molecule has 0 N–H and O–H groups in total. The van der Waals surface area contributed by atoms with Crippen LogP contribution < -0.4 is 0 Å². The van der Waals surface area contributed by atoms with Crippen LogP contribution in [0, 0.1) is 0 Å². The number of nitrogens with zero attached hydrogens (tertiary/aromatic N) is 2. The molecule has 1 heterocycles. The predicted octanol–water partition coefficient (Wildman–Crippen LogP) is 3.81. The van der Waals surface area contributed by atoms with Crippen LogP contribution in [0.25, 0.3) is 11.0 Å². The van der Waals surface area contributed by atoms with Gasteiger partial charge in [0.15, 0.2) is 0 Å². The summed E-state index contributed by atoms with van der Waals surface area (Å²) in [6, 6.07) is 5.71. The van der Waals surface area contributed by atoms with Gasteiger partial charge in [0.1, 0.15) is 11.3 Å². The van der Waals surface area contributed by atoms with E-state index in [0.717, 1.165) is 16.9 Å². The van der Waals surface area contributed by atoms with Gasteiger partial charge in [0.05, 0.1) is 17.1 Å². The van der Waals surface area contributed by atoms with Crippen molar-refractivity contribution >= 4 is 40.2 Å². The zero-order valence-electron chi connectivity index (χ0n) is 11.9. The number of benzene rings is 1. The van der Waals surface area contributed by atoms with Gasteiger partial charge >= 0.3 is 5.97 Å². The molecule has 0 unspecified atom stereocenters. The lowest BCUT2D eigenvalue weighted by molar-refractivity contribution is -0.143. The molecule has 4 nitrogen and oxygen atoms in total. The van der Waals surface area contributed by atoms with Crippen molar-refractivity contribution in [3.63, 3.8) is 0 Å². The van der Waals surface area contributed by atoms with E-state index in [-0.39, 0.29) is 5.97 Å². The zero-order chi connectivity index (χ0) is 15.2. The van der Waals surface area contributed by atoms with Crippen molar-refractivity contribution in [1.29, 1.82) is 0 Å². The van der Waals surface area contributed by atoms with Crippen molar-refractivity contribution in [2.24, 2.45) is 0 Å². The minimum atomic E-state index is -0.168. The average Bonchev–Trinajstić information content (AvgIpc) is 2.80. The molecule has 114 valence electrons. The summed E-state index contributed by atoms with van der Waals surface area (Å²) in [6.45, 7) is 2.92. The third-order valence-electron chi connectivity index (χ3n) is 3.19. The fourth-order valence-electron chi connectivity index (χ4n) is 2.30. The Morgan fingerprint density at radius 2 is 2.24 bits per heavy atom. The number of aromatic nitrogens is 2. The normalized spacial score (nSPS) is 11.0. The number of ether oxygens (including phenoxy) is 1. The van der Waals surface area contributed by atoms with E-state index in [2.05, 4.69) is 9.55 Å². The molecular weight excluding hydrogens is 311 g/mol. The van der Waals surface area contributed by atoms with Crippen LogP contribution in [0.3, 0.4) is 0 Å². The number of halogens is 2. The van der Waals surface area contributed by atoms with Crippen LogP contribution >= 0.6 is 23.2 Å². The number of aryl methyl sites for hydroxylation is 2. The van der Waals surface area contributed by atoms with Gasteiger partial charge in [-0.3, -0.25) is 4.79 Å². The van der Waals surface area contributed by atoms with Crippen LogP contribution in [0.2, 0.25) is 5.02 Å². The number of rotatable bonds is 7. The number of fused-ring (bicyclic) bond motifs is 1. The molecule has 0 aliphatic heterocycles. The first kappa shape index (κ1) is 16.1. The Balaban J connectivity index is 2.18. The molecule has 0 amide bonds. The number of carbonyl (C=O) groups excluding carboxylic acids is 1. The number of esters is 1. The van der Waals surface area contributed by atoms with Crippen LogP contribution in [-0.4, -0.2) is 28.0 Å². The standard InChI is InChI=1S/C15H18Cl2N2O2/c1-2-21-14(20)7-4-10-19-12-6-3-5-11(17)15(12)18-13(19)8-9-16/h3,5-6H,2,4,7-10H2,1H3. The first-order valence-electron chi connectivity index (χ1n) is 7.02. The Labute approximate surface area is 134 Å². The number of para-hydroxylation sites is 1. The number of hydrogen-bond acceptors (Lipinski definition) is 3. The monoisotopic (exact) mass is 328 g/mol. The third-order valence-corrected chi connectivity index (χ3v) is 3.69. The van der Waals surface area contributed by atoms with Crippen molar-refractivity contribution in [2.45, 2.75) is 32.7 Å². The Morgan fingerprint density at radius 3 is 2.95 bits per heavy atom. The van der Waals surface area contributed by atoms with Crippen LogP contribution in [0.4, 0.5) is 0 Å². The van der Waals surface area contributed by atoms with Gasteiger partial charge in [-0.1, -0.05) is 17.7 Å². The Hall–Kier alpha value is -1.26. The highest BCUT2D eigenvalue weighted by Crippen LogP contribution is 2.24. The van der Waals surface area contributed by atoms with Crippen molar-refractivity contribution in [2.75, 3.05) is 12.5 Å². The van der Waals surface area contributed by atoms with E-state index in [0.29, 0.717) is 43.3 Å². The fraction of sp³-hybridized carbons (Fsp3) is 0.467. The molecule has 0 radical (unpaired) electrons. The summed E-state index contributed by atoms with van der Waals surface area (Å²) < 4.78 is 7.03. The van der Waals surface area contributed by atoms with Crippen molar-refractivity contribution < 1.29 is 9.53 Å². The molecule has 0 aliphatic carbocycles. The summed E-state index contributed by atoms with van der Waals surface area (Å²) >= 11 is 12.0. The summed E-state index contributed by atoms with van der Waals surface area (Å²) in [7, 11) is 0. The second-order valence-electron chi connectivity index (χ2n) is 4.63. The highest BCUT2D eigenvalue weighted by Gasteiger charge is 2.13. The number of carbonyl (C=O) groups is 1. The maximum absolute atomic E-state index is 11.4. The number of alkyl halides is 1. The molecule has 2 rings (SSSR count). The molecule has 0 bridgehead atoms. The van der Waals surface area contributed by atoms with Gasteiger partial charge in [-0.15, -0.1) is 11.6 Å². The molecule has 21 heavy (non-hydrogen) atoms. The summed E-state index contributed by atoms with van der Waals surface area (Å²) in [5.74, 6) is 1.23. The molecule has 1 aromatic carbocycles. The van der Waals surface area contributed by atoms with Gasteiger partial charge in [-0.25, -0.2) is 4.98 Å². The van der Waals surface area contributed by atoms with Gasteiger partial charge in [0, 0.05) is 25.3 Å². The second kappa shape index (κ2) is 7.66. The largest absolute Gasteiger partial charge is 0.466 e. The van der Waals surface area contributed by atoms with Crippen LogP contribution in [0.5, 0.6) is 0 Å². The lowest BCUT2D eigenvalue weighted by Gasteiger charge is -2.08. The molecule has 0 aliphatic rings. The van der Waals surface area contributed by atoms with Crippen molar-refractivity contribution in [3.05, 3.63) is 29.0 Å². The van der Waals surface area contributed by atoms with E-state index in [1.54, 1.807) is 0 Å². The van der Waals surface area contributed by atoms with Crippen LogP contribution in [0.15, 0.2) is 18.2 Å². The molecule has 1 aromatic heterocycles. The SMILES string of the molecule is CCOC(=O)CCCn1c(CCCl)nc2c(Cl)cccc21. The predicted molar refractivity (Wildman–Crippen MR) is 85.0 cm³/mol. The second-order valence-corrected chi connectivity index (χ2v) is 5.42. The van der Waals surface area contributed by atoms with E-state index in [1.165, 1.54) is 0 Å². The van der Waals surface area contributed by atoms with E-state index >= 15 is 0 Å². The van der Waals surface area contributed by atoms with Crippen LogP contribution in [0.1, 0.15) is 25.6 Å². The summed E-state index contributed by atoms with van der Waals surface area (Å²) in [4.78, 5) is 16.0. The lowest BCUT2D eigenvalue weighted by atomic mass is 10.2. The van der Waals surface area contributed by atoms with Gasteiger partial charge in [0.2, 0.25) is 0 Å². The van der Waals surface area contributed by atoms with Gasteiger partial charge in [-0.2, -0.15) is 0 Å².